The maximum atomic E-state index is 10.6. The van der Waals surface area contributed by atoms with Crippen molar-refractivity contribution < 1.29 is 19.7 Å². The van der Waals surface area contributed by atoms with Crippen molar-refractivity contribution in [1.82, 2.24) is 15.0 Å². The van der Waals surface area contributed by atoms with E-state index >= 15 is 0 Å². The number of nitrogens with one attached hydrogen (secondary N) is 2. The number of furan rings is 1. The van der Waals surface area contributed by atoms with E-state index in [0.29, 0.717) is 41.0 Å². The molecule has 2 aliphatic rings. The standard InChI is InChI=1S/C24H31N5O4/c1-3-16-6-14-8-18(33-19(14)10-25-16)20-12(2)27-24(26-9-13-4-5-13)29-23(20)28-17-7-15(11-30)21(31)22(17)32/h6,8,10,13,15,17,21-22,30-32H,3-5,7,9,11H2,1-2H3,(H2,26,27,28,29)/t15-,17-,21-,22+/m1/s1. The highest BCUT2D eigenvalue weighted by molar-refractivity contribution is 5.86. The Kier molecular flexibility index (Phi) is 5.94. The number of hydrogen-bond donors (Lipinski definition) is 5. The van der Waals surface area contributed by atoms with Gasteiger partial charge in [0.05, 0.1) is 29.6 Å². The Morgan fingerprint density at radius 1 is 1.15 bits per heavy atom. The first-order valence-electron chi connectivity index (χ1n) is 11.7. The van der Waals surface area contributed by atoms with Gasteiger partial charge in [-0.25, -0.2) is 4.98 Å². The molecule has 0 bridgehead atoms. The molecule has 33 heavy (non-hydrogen) atoms. The highest BCUT2D eigenvalue weighted by Crippen LogP contribution is 2.37. The second-order valence-corrected chi connectivity index (χ2v) is 9.27. The number of nitrogens with zero attached hydrogens (tertiary/aromatic N) is 3. The molecule has 3 aromatic rings. The molecule has 0 radical (unpaired) electrons. The predicted octanol–water partition coefficient (Wildman–Crippen LogP) is 2.49. The summed E-state index contributed by atoms with van der Waals surface area (Å²) < 4.78 is 6.12. The van der Waals surface area contributed by atoms with Crippen molar-refractivity contribution in [2.45, 2.75) is 57.8 Å². The van der Waals surface area contributed by atoms with Crippen molar-refractivity contribution in [3.8, 4) is 11.3 Å². The smallest absolute Gasteiger partial charge is 0.224 e. The van der Waals surface area contributed by atoms with Crippen LogP contribution in [-0.4, -0.2) is 61.7 Å². The number of anilines is 2. The molecule has 0 aliphatic heterocycles. The van der Waals surface area contributed by atoms with Gasteiger partial charge in [-0.05, 0) is 50.7 Å². The van der Waals surface area contributed by atoms with Crippen molar-refractivity contribution >= 4 is 22.7 Å². The van der Waals surface area contributed by atoms with Crippen molar-refractivity contribution in [2.75, 3.05) is 23.8 Å². The van der Waals surface area contributed by atoms with E-state index in [2.05, 4.69) is 27.5 Å². The minimum Gasteiger partial charge on any atom is -0.454 e. The van der Waals surface area contributed by atoms with Crippen LogP contribution in [0.5, 0.6) is 0 Å². The van der Waals surface area contributed by atoms with Crippen LogP contribution in [-0.2, 0) is 6.42 Å². The second-order valence-electron chi connectivity index (χ2n) is 9.27. The number of aromatic nitrogens is 3. The molecule has 5 rings (SSSR count). The minimum atomic E-state index is -1.01. The Bertz CT molecular complexity index is 1150. The average molecular weight is 454 g/mol. The molecular weight excluding hydrogens is 422 g/mol. The fraction of sp³-hybridized carbons (Fsp3) is 0.542. The summed E-state index contributed by atoms with van der Waals surface area (Å²) in [7, 11) is 0. The van der Waals surface area contributed by atoms with E-state index in [9.17, 15) is 15.3 Å². The van der Waals surface area contributed by atoms with Crippen LogP contribution in [0, 0.1) is 18.8 Å². The summed E-state index contributed by atoms with van der Waals surface area (Å²) in [5.41, 5.74) is 3.11. The SMILES string of the molecule is CCc1cc2cc(-c3c(C)nc(NCC4CC4)nc3N[C@@H]3C[C@H](CO)[C@@H](O)[C@H]3O)oc2cn1. The van der Waals surface area contributed by atoms with Gasteiger partial charge in [-0.1, -0.05) is 6.92 Å². The molecule has 0 amide bonds. The number of pyridine rings is 1. The van der Waals surface area contributed by atoms with Crippen molar-refractivity contribution in [1.29, 1.82) is 0 Å². The molecule has 3 aromatic heterocycles. The molecule has 2 aliphatic carbocycles. The van der Waals surface area contributed by atoms with E-state index in [1.54, 1.807) is 6.20 Å². The van der Waals surface area contributed by atoms with Gasteiger partial charge in [0.1, 0.15) is 17.7 Å². The van der Waals surface area contributed by atoms with Gasteiger partial charge in [0.2, 0.25) is 5.95 Å². The number of fused-ring (bicyclic) bond motifs is 1. The molecule has 0 saturated heterocycles. The van der Waals surface area contributed by atoms with Crippen LogP contribution in [0.1, 0.15) is 37.6 Å². The van der Waals surface area contributed by atoms with Gasteiger partial charge >= 0.3 is 0 Å². The topological polar surface area (TPSA) is 137 Å². The summed E-state index contributed by atoms with van der Waals surface area (Å²) >= 11 is 0. The largest absolute Gasteiger partial charge is 0.454 e. The molecule has 5 N–H and O–H groups in total. The van der Waals surface area contributed by atoms with Crippen LogP contribution in [0.25, 0.3) is 22.3 Å². The van der Waals surface area contributed by atoms with E-state index < -0.39 is 18.2 Å². The Morgan fingerprint density at radius 3 is 2.67 bits per heavy atom. The molecule has 2 saturated carbocycles. The number of rotatable bonds is 8. The lowest BCUT2D eigenvalue weighted by Crippen LogP contribution is -2.35. The molecule has 176 valence electrons. The van der Waals surface area contributed by atoms with Gasteiger partial charge in [0.15, 0.2) is 5.58 Å². The lowest BCUT2D eigenvalue weighted by atomic mass is 10.1. The Hall–Kier alpha value is -2.75. The van der Waals surface area contributed by atoms with Gasteiger partial charge in [-0.15, -0.1) is 0 Å². The van der Waals surface area contributed by atoms with Crippen LogP contribution in [0.15, 0.2) is 22.7 Å². The van der Waals surface area contributed by atoms with E-state index in [1.165, 1.54) is 12.8 Å². The first-order valence-corrected chi connectivity index (χ1v) is 11.7. The first-order chi connectivity index (χ1) is 16.0. The third-order valence-electron chi connectivity index (χ3n) is 6.76. The first kappa shape index (κ1) is 22.1. The highest BCUT2D eigenvalue weighted by atomic mass is 16.3. The lowest BCUT2D eigenvalue weighted by Gasteiger charge is -2.21. The van der Waals surface area contributed by atoms with Crippen LogP contribution in [0.3, 0.4) is 0 Å². The van der Waals surface area contributed by atoms with Crippen molar-refractivity contribution in [3.63, 3.8) is 0 Å². The summed E-state index contributed by atoms with van der Waals surface area (Å²) in [6.07, 6.45) is 3.43. The molecule has 0 spiro atoms. The van der Waals surface area contributed by atoms with Crippen LogP contribution in [0.2, 0.25) is 0 Å². The highest BCUT2D eigenvalue weighted by Gasteiger charge is 2.41. The molecule has 4 atom stereocenters. The second kappa shape index (κ2) is 8.89. The minimum absolute atomic E-state index is 0.184. The fourth-order valence-electron chi connectivity index (χ4n) is 4.54. The van der Waals surface area contributed by atoms with Crippen molar-refractivity contribution in [3.05, 3.63) is 29.7 Å². The Morgan fingerprint density at radius 2 is 1.97 bits per heavy atom. The normalized spacial score (nSPS) is 25.0. The zero-order valence-electron chi connectivity index (χ0n) is 19.0. The van der Waals surface area contributed by atoms with Crippen LogP contribution >= 0.6 is 0 Å². The van der Waals surface area contributed by atoms with Gasteiger partial charge in [0.25, 0.3) is 0 Å². The molecule has 9 heteroatoms. The summed E-state index contributed by atoms with van der Waals surface area (Å²) in [5, 5.41) is 38.0. The van der Waals surface area contributed by atoms with Crippen LogP contribution in [0.4, 0.5) is 11.8 Å². The lowest BCUT2D eigenvalue weighted by molar-refractivity contribution is 0.00446. The summed E-state index contributed by atoms with van der Waals surface area (Å²) in [4.78, 5) is 13.8. The number of aliphatic hydroxyl groups excluding tert-OH is 3. The Labute approximate surface area is 192 Å². The summed E-state index contributed by atoms with van der Waals surface area (Å²) in [5.74, 6) is 1.93. The average Bonchev–Trinajstić information content (AvgIpc) is 3.49. The third-order valence-corrected chi connectivity index (χ3v) is 6.76. The molecule has 0 unspecified atom stereocenters. The third kappa shape index (κ3) is 4.40. The summed E-state index contributed by atoms with van der Waals surface area (Å²) in [6.45, 7) is 4.61. The Balaban J connectivity index is 1.53. The maximum absolute atomic E-state index is 10.6. The van der Waals surface area contributed by atoms with E-state index in [4.69, 9.17) is 9.40 Å². The zero-order valence-corrected chi connectivity index (χ0v) is 19.0. The number of aliphatic hydroxyl groups is 3. The predicted molar refractivity (Wildman–Crippen MR) is 125 cm³/mol. The van der Waals surface area contributed by atoms with E-state index in [0.717, 1.165) is 29.7 Å². The van der Waals surface area contributed by atoms with Gasteiger partial charge < -0.3 is 30.4 Å². The number of hydrogen-bond acceptors (Lipinski definition) is 9. The zero-order chi connectivity index (χ0) is 23.1. The van der Waals surface area contributed by atoms with Gasteiger partial charge in [0, 0.05) is 30.1 Å². The van der Waals surface area contributed by atoms with Gasteiger partial charge in [-0.3, -0.25) is 4.98 Å². The molecule has 0 aromatic carbocycles. The molecule has 2 fully saturated rings. The van der Waals surface area contributed by atoms with Crippen LogP contribution < -0.4 is 10.6 Å². The molecule has 9 nitrogen and oxygen atoms in total. The fourth-order valence-corrected chi connectivity index (χ4v) is 4.54. The molecular formula is C24H31N5O4. The van der Waals surface area contributed by atoms with E-state index in [-0.39, 0.29) is 12.5 Å². The van der Waals surface area contributed by atoms with Gasteiger partial charge in [-0.2, -0.15) is 4.98 Å². The summed E-state index contributed by atoms with van der Waals surface area (Å²) in [6, 6.07) is 3.51. The quantitative estimate of drug-likeness (QED) is 0.348. The maximum Gasteiger partial charge on any atom is 0.224 e. The van der Waals surface area contributed by atoms with Crippen molar-refractivity contribution in [2.24, 2.45) is 11.8 Å². The monoisotopic (exact) mass is 453 g/mol. The molecule has 3 heterocycles. The van der Waals surface area contributed by atoms with E-state index in [1.807, 2.05) is 19.1 Å². The number of aryl methyl sites for hydroxylation is 2.